The number of amides is 1. The van der Waals surface area contributed by atoms with Crippen molar-refractivity contribution < 1.29 is 14.3 Å². The third-order valence-electron chi connectivity index (χ3n) is 3.44. The molecule has 1 saturated heterocycles. The molecule has 1 aromatic heterocycles. The predicted molar refractivity (Wildman–Crippen MR) is 69.6 cm³/mol. The first-order valence-electron chi connectivity index (χ1n) is 6.19. The van der Waals surface area contributed by atoms with Crippen molar-refractivity contribution in [2.45, 2.75) is 25.1 Å². The van der Waals surface area contributed by atoms with Gasteiger partial charge in [-0.05, 0) is 12.5 Å². The van der Waals surface area contributed by atoms with E-state index in [1.807, 2.05) is 17.0 Å². The van der Waals surface area contributed by atoms with Crippen LogP contribution in [0.15, 0.2) is 18.3 Å². The summed E-state index contributed by atoms with van der Waals surface area (Å²) in [6.07, 6.45) is 2.35. The van der Waals surface area contributed by atoms with E-state index in [0.717, 1.165) is 5.56 Å². The lowest BCUT2D eigenvalue weighted by atomic mass is 10.2. The maximum atomic E-state index is 11.5. The molecule has 1 fully saturated rings. The molecule has 0 spiro atoms. The number of pyridine rings is 1. The normalized spacial score (nSPS) is 23.5. The van der Waals surface area contributed by atoms with E-state index < -0.39 is 0 Å². The first kappa shape index (κ1) is 13.8. The van der Waals surface area contributed by atoms with E-state index in [1.54, 1.807) is 20.4 Å². The Balaban J connectivity index is 2.14. The topological polar surface area (TPSA) is 77.7 Å². The van der Waals surface area contributed by atoms with Gasteiger partial charge in [-0.2, -0.15) is 0 Å². The van der Waals surface area contributed by atoms with Crippen LogP contribution >= 0.6 is 0 Å². The Hall–Kier alpha value is -1.66. The highest BCUT2D eigenvalue weighted by Crippen LogP contribution is 2.24. The van der Waals surface area contributed by atoms with Crippen LogP contribution in [0.4, 0.5) is 0 Å². The molecule has 0 radical (unpaired) electrons. The summed E-state index contributed by atoms with van der Waals surface area (Å²) in [5.74, 6) is 0.258. The highest BCUT2D eigenvalue weighted by atomic mass is 16.5. The SMILES string of the molecule is COc1ncccc1CN1C[C@@H](OC)C[C@H]1C(N)=O. The summed E-state index contributed by atoms with van der Waals surface area (Å²) in [6.45, 7) is 1.26. The monoisotopic (exact) mass is 265 g/mol. The molecule has 0 aromatic carbocycles. The molecule has 2 N–H and O–H groups in total. The first-order valence-corrected chi connectivity index (χ1v) is 6.19. The summed E-state index contributed by atoms with van der Waals surface area (Å²) in [5.41, 5.74) is 6.38. The molecule has 6 heteroatoms. The first-order chi connectivity index (χ1) is 9.15. The van der Waals surface area contributed by atoms with Crippen molar-refractivity contribution in [2.24, 2.45) is 5.73 Å². The van der Waals surface area contributed by atoms with E-state index >= 15 is 0 Å². The minimum atomic E-state index is -0.317. The molecule has 104 valence electrons. The maximum absolute atomic E-state index is 11.5. The largest absolute Gasteiger partial charge is 0.481 e. The van der Waals surface area contributed by atoms with Gasteiger partial charge in [0.15, 0.2) is 0 Å². The van der Waals surface area contributed by atoms with Crippen molar-refractivity contribution in [2.75, 3.05) is 20.8 Å². The van der Waals surface area contributed by atoms with E-state index in [4.69, 9.17) is 15.2 Å². The number of hydrogen-bond acceptors (Lipinski definition) is 5. The Morgan fingerprint density at radius 1 is 1.58 bits per heavy atom. The van der Waals surface area contributed by atoms with E-state index in [9.17, 15) is 4.79 Å². The number of carbonyl (C=O) groups is 1. The molecule has 2 rings (SSSR count). The molecule has 2 heterocycles. The van der Waals surface area contributed by atoms with Crippen LogP contribution < -0.4 is 10.5 Å². The maximum Gasteiger partial charge on any atom is 0.234 e. The lowest BCUT2D eigenvalue weighted by Gasteiger charge is -2.22. The Morgan fingerprint density at radius 3 is 3.00 bits per heavy atom. The molecule has 1 aromatic rings. The van der Waals surface area contributed by atoms with Gasteiger partial charge in [0.1, 0.15) is 0 Å². The average molecular weight is 265 g/mol. The van der Waals surface area contributed by atoms with Gasteiger partial charge in [0.05, 0.1) is 19.3 Å². The molecule has 1 amide bonds. The number of aromatic nitrogens is 1. The number of hydrogen-bond donors (Lipinski definition) is 1. The molecule has 1 aliphatic rings. The number of primary amides is 1. The van der Waals surface area contributed by atoms with Gasteiger partial charge in [-0.25, -0.2) is 4.98 Å². The van der Waals surface area contributed by atoms with Gasteiger partial charge in [0, 0.05) is 32.0 Å². The minimum Gasteiger partial charge on any atom is -0.481 e. The molecule has 0 saturated carbocycles. The number of nitrogens with two attached hydrogens (primary N) is 1. The van der Waals surface area contributed by atoms with Gasteiger partial charge in [-0.3, -0.25) is 9.69 Å². The summed E-state index contributed by atoms with van der Waals surface area (Å²) in [6, 6.07) is 3.49. The van der Waals surface area contributed by atoms with Crippen molar-refractivity contribution in [3.8, 4) is 5.88 Å². The summed E-state index contributed by atoms with van der Waals surface area (Å²) >= 11 is 0. The second-order valence-electron chi connectivity index (χ2n) is 4.61. The molecule has 6 nitrogen and oxygen atoms in total. The minimum absolute atomic E-state index is 0.0418. The zero-order valence-corrected chi connectivity index (χ0v) is 11.2. The zero-order valence-electron chi connectivity index (χ0n) is 11.2. The van der Waals surface area contributed by atoms with Crippen LogP contribution in [0.25, 0.3) is 0 Å². The highest BCUT2D eigenvalue weighted by molar-refractivity contribution is 5.80. The average Bonchev–Trinajstić information content (AvgIpc) is 2.82. The van der Waals surface area contributed by atoms with E-state index in [2.05, 4.69) is 4.98 Å². The zero-order chi connectivity index (χ0) is 13.8. The quantitative estimate of drug-likeness (QED) is 0.821. The van der Waals surface area contributed by atoms with Crippen LogP contribution in [0.1, 0.15) is 12.0 Å². The van der Waals surface area contributed by atoms with E-state index in [-0.39, 0.29) is 18.1 Å². The van der Waals surface area contributed by atoms with Crippen molar-refractivity contribution in [3.63, 3.8) is 0 Å². The lowest BCUT2D eigenvalue weighted by Crippen LogP contribution is -2.39. The molecule has 0 aliphatic carbocycles. The second kappa shape index (κ2) is 5.99. The fourth-order valence-electron chi connectivity index (χ4n) is 2.45. The highest BCUT2D eigenvalue weighted by Gasteiger charge is 2.36. The van der Waals surface area contributed by atoms with Gasteiger partial charge < -0.3 is 15.2 Å². The summed E-state index contributed by atoms with van der Waals surface area (Å²) < 4.78 is 10.5. The number of methoxy groups -OCH3 is 2. The van der Waals surface area contributed by atoms with Crippen molar-refractivity contribution >= 4 is 5.91 Å². The molecule has 0 unspecified atom stereocenters. The van der Waals surface area contributed by atoms with Crippen molar-refractivity contribution in [3.05, 3.63) is 23.9 Å². The van der Waals surface area contributed by atoms with Gasteiger partial charge >= 0.3 is 0 Å². The molecule has 19 heavy (non-hydrogen) atoms. The van der Waals surface area contributed by atoms with Crippen LogP contribution in [0.5, 0.6) is 5.88 Å². The summed E-state index contributed by atoms with van der Waals surface area (Å²) in [4.78, 5) is 17.7. The van der Waals surface area contributed by atoms with Gasteiger partial charge in [0.25, 0.3) is 0 Å². The summed E-state index contributed by atoms with van der Waals surface area (Å²) in [5, 5.41) is 0. The van der Waals surface area contributed by atoms with Gasteiger partial charge in [-0.15, -0.1) is 0 Å². The third kappa shape index (κ3) is 3.02. The van der Waals surface area contributed by atoms with Crippen LogP contribution in [-0.4, -0.2) is 48.7 Å². The number of likely N-dealkylation sites (tertiary alicyclic amines) is 1. The number of rotatable bonds is 5. The Morgan fingerprint density at radius 2 is 2.37 bits per heavy atom. The molecular formula is C13H19N3O3. The Kier molecular flexibility index (Phi) is 4.34. The molecule has 2 atom stereocenters. The van der Waals surface area contributed by atoms with Crippen LogP contribution in [0, 0.1) is 0 Å². The number of carbonyl (C=O) groups excluding carboxylic acids is 1. The number of nitrogens with zero attached hydrogens (tertiary/aromatic N) is 2. The lowest BCUT2D eigenvalue weighted by molar-refractivity contribution is -0.122. The fraction of sp³-hybridized carbons (Fsp3) is 0.538. The number of ether oxygens (including phenoxy) is 2. The molecule has 0 bridgehead atoms. The van der Waals surface area contributed by atoms with Crippen LogP contribution in [-0.2, 0) is 16.1 Å². The van der Waals surface area contributed by atoms with Crippen molar-refractivity contribution in [1.82, 2.24) is 9.88 Å². The van der Waals surface area contributed by atoms with Gasteiger partial charge in [-0.1, -0.05) is 6.07 Å². The predicted octanol–water partition coefficient (Wildman–Crippen LogP) is 0.165. The third-order valence-corrected chi connectivity index (χ3v) is 3.44. The Bertz CT molecular complexity index is 453. The van der Waals surface area contributed by atoms with E-state index in [1.165, 1.54) is 0 Å². The smallest absolute Gasteiger partial charge is 0.234 e. The molecular weight excluding hydrogens is 246 g/mol. The Labute approximate surface area is 112 Å². The fourth-order valence-corrected chi connectivity index (χ4v) is 2.45. The van der Waals surface area contributed by atoms with Crippen LogP contribution in [0.2, 0.25) is 0 Å². The standard InChI is InChI=1S/C13H19N3O3/c1-18-10-6-11(12(14)17)16(8-10)7-9-4-3-5-15-13(9)19-2/h3-5,10-11H,6-8H2,1-2H3,(H2,14,17)/t10-,11-/m0/s1. The van der Waals surface area contributed by atoms with Crippen LogP contribution in [0.3, 0.4) is 0 Å². The van der Waals surface area contributed by atoms with E-state index in [0.29, 0.717) is 25.4 Å². The second-order valence-corrected chi connectivity index (χ2v) is 4.61. The summed E-state index contributed by atoms with van der Waals surface area (Å²) in [7, 11) is 3.23. The van der Waals surface area contributed by atoms with Gasteiger partial charge in [0.2, 0.25) is 11.8 Å². The molecule has 1 aliphatic heterocycles. The van der Waals surface area contributed by atoms with Crippen molar-refractivity contribution in [1.29, 1.82) is 0 Å².